The molecule has 8 atom stereocenters. The first-order valence-corrected chi connectivity index (χ1v) is 10.9. The molecule has 0 unspecified atom stereocenters. The monoisotopic (exact) mass is 421 g/mol. The van der Waals surface area contributed by atoms with Gasteiger partial charge in [0, 0.05) is 23.3 Å². The summed E-state index contributed by atoms with van der Waals surface area (Å²) in [6, 6.07) is 0. The molecule has 4 aliphatic rings. The van der Waals surface area contributed by atoms with Crippen LogP contribution in [0.2, 0.25) is 0 Å². The average molecular weight is 422 g/mol. The minimum Gasteiger partial charge on any atom is -0.395 e. The fourth-order valence-electron chi connectivity index (χ4n) is 7.33. The zero-order valence-electron chi connectivity index (χ0n) is 17.8. The van der Waals surface area contributed by atoms with E-state index in [1.54, 1.807) is 26.8 Å². The highest BCUT2D eigenvalue weighted by atomic mass is 19.1. The quantitative estimate of drug-likeness (QED) is 0.552. The Morgan fingerprint density at radius 2 is 2.03 bits per heavy atom. The number of alkyl halides is 1. The van der Waals surface area contributed by atoms with Crippen LogP contribution >= 0.6 is 0 Å². The number of aliphatic hydroxyl groups excluding tert-OH is 2. The van der Waals surface area contributed by atoms with Gasteiger partial charge in [-0.15, -0.1) is 0 Å². The van der Waals surface area contributed by atoms with Crippen LogP contribution < -0.4 is 5.32 Å². The summed E-state index contributed by atoms with van der Waals surface area (Å²) in [5, 5.41) is 34.5. The molecule has 0 bridgehead atoms. The molecule has 166 valence electrons. The number of rotatable bonds is 3. The van der Waals surface area contributed by atoms with Gasteiger partial charge in [-0.1, -0.05) is 25.5 Å². The maximum Gasteiger partial charge on any atom is 0.252 e. The first-order valence-electron chi connectivity index (χ1n) is 10.9. The summed E-state index contributed by atoms with van der Waals surface area (Å²) in [6.07, 6.45) is 4.50. The number of halogens is 1. The molecule has 0 aromatic heterocycles. The molecular weight excluding hydrogens is 389 g/mol. The highest BCUT2D eigenvalue weighted by Gasteiger charge is 2.75. The van der Waals surface area contributed by atoms with Crippen molar-refractivity contribution in [1.82, 2.24) is 5.32 Å². The van der Waals surface area contributed by atoms with Gasteiger partial charge in [-0.2, -0.15) is 0 Å². The van der Waals surface area contributed by atoms with Crippen LogP contribution in [0.15, 0.2) is 23.8 Å². The topological polar surface area (TPSA) is 107 Å². The van der Waals surface area contributed by atoms with Gasteiger partial charge in [0.25, 0.3) is 5.91 Å². The Labute approximate surface area is 176 Å². The van der Waals surface area contributed by atoms with Gasteiger partial charge in [0.1, 0.15) is 0 Å². The van der Waals surface area contributed by atoms with Crippen molar-refractivity contribution in [2.45, 2.75) is 63.8 Å². The van der Waals surface area contributed by atoms with Crippen molar-refractivity contribution in [3.63, 3.8) is 0 Å². The predicted molar refractivity (Wildman–Crippen MR) is 108 cm³/mol. The molecule has 6 nitrogen and oxygen atoms in total. The lowest BCUT2D eigenvalue weighted by atomic mass is 9.44. The van der Waals surface area contributed by atoms with E-state index in [0.717, 1.165) is 0 Å². The number of ketones is 1. The van der Waals surface area contributed by atoms with Gasteiger partial charge < -0.3 is 20.6 Å². The molecule has 0 spiro atoms. The number of carbonyl (C=O) groups is 2. The van der Waals surface area contributed by atoms with Crippen LogP contribution in [0.3, 0.4) is 0 Å². The maximum absolute atomic E-state index is 17.0. The molecule has 30 heavy (non-hydrogen) atoms. The van der Waals surface area contributed by atoms with E-state index in [9.17, 15) is 19.8 Å². The van der Waals surface area contributed by atoms with Crippen LogP contribution in [0.1, 0.15) is 46.5 Å². The number of hydrogen-bond donors (Lipinski definition) is 4. The molecule has 0 aromatic carbocycles. The van der Waals surface area contributed by atoms with Crippen LogP contribution in [-0.2, 0) is 9.59 Å². The number of allylic oxidation sites excluding steroid dienone is 4. The van der Waals surface area contributed by atoms with E-state index >= 15 is 4.39 Å². The number of hydrogen-bond acceptors (Lipinski definition) is 5. The number of fused-ring (bicyclic) bond motifs is 5. The zero-order valence-corrected chi connectivity index (χ0v) is 17.8. The van der Waals surface area contributed by atoms with Gasteiger partial charge in [-0.25, -0.2) is 4.39 Å². The van der Waals surface area contributed by atoms with Gasteiger partial charge in [-0.3, -0.25) is 9.59 Å². The summed E-state index contributed by atoms with van der Waals surface area (Å²) < 4.78 is 17.0. The Hall–Kier alpha value is -1.57. The Bertz CT molecular complexity index is 841. The third-order valence-electron chi connectivity index (χ3n) is 8.97. The third kappa shape index (κ3) is 2.40. The second-order valence-corrected chi connectivity index (χ2v) is 10.1. The smallest absolute Gasteiger partial charge is 0.252 e. The van der Waals surface area contributed by atoms with Crippen molar-refractivity contribution >= 4 is 11.7 Å². The van der Waals surface area contributed by atoms with E-state index in [1.165, 1.54) is 12.2 Å². The van der Waals surface area contributed by atoms with Crippen LogP contribution in [-0.4, -0.2) is 57.5 Å². The Morgan fingerprint density at radius 3 is 2.70 bits per heavy atom. The molecular formula is C23H32FNO5. The first-order chi connectivity index (χ1) is 14.0. The molecule has 3 fully saturated rings. The van der Waals surface area contributed by atoms with Crippen molar-refractivity contribution in [3.8, 4) is 0 Å². The maximum atomic E-state index is 17.0. The van der Waals surface area contributed by atoms with Crippen molar-refractivity contribution in [2.24, 2.45) is 28.6 Å². The lowest BCUT2D eigenvalue weighted by Gasteiger charge is -2.62. The van der Waals surface area contributed by atoms with Crippen molar-refractivity contribution < 1.29 is 29.3 Å². The third-order valence-corrected chi connectivity index (χ3v) is 8.97. The zero-order chi connectivity index (χ0) is 22.1. The fourth-order valence-corrected chi connectivity index (χ4v) is 7.33. The lowest BCUT2D eigenvalue weighted by Crippen LogP contribution is -2.70. The summed E-state index contributed by atoms with van der Waals surface area (Å²) in [5.41, 5.74) is -5.13. The molecule has 4 aliphatic carbocycles. The molecule has 7 heteroatoms. The molecule has 0 radical (unpaired) electrons. The van der Waals surface area contributed by atoms with Crippen LogP contribution in [0.25, 0.3) is 0 Å². The normalized spacial score (nSPS) is 49.7. The average Bonchev–Trinajstić information content (AvgIpc) is 2.89. The van der Waals surface area contributed by atoms with Crippen molar-refractivity contribution in [1.29, 1.82) is 0 Å². The molecule has 1 amide bonds. The summed E-state index contributed by atoms with van der Waals surface area (Å²) in [4.78, 5) is 24.9. The van der Waals surface area contributed by atoms with Crippen LogP contribution in [0.5, 0.6) is 0 Å². The van der Waals surface area contributed by atoms with E-state index < -0.39 is 45.9 Å². The van der Waals surface area contributed by atoms with Gasteiger partial charge in [0.05, 0.1) is 12.7 Å². The van der Waals surface area contributed by atoms with Crippen molar-refractivity contribution in [2.75, 3.05) is 13.2 Å². The largest absolute Gasteiger partial charge is 0.395 e. The SMILES string of the molecule is C[C@@H]1C[C@H]2[C@@H]3CCC4=CC(=O)C=C[C@]4(C)[C@@]3(F)[C@@H](O)C[C@]2(C)[C@@]1(O)C(=O)NCCO. The molecule has 4 N–H and O–H groups in total. The van der Waals surface area contributed by atoms with Gasteiger partial charge >= 0.3 is 0 Å². The Balaban J connectivity index is 1.77. The molecule has 3 saturated carbocycles. The summed E-state index contributed by atoms with van der Waals surface area (Å²) in [6.45, 7) is 5.12. The minimum absolute atomic E-state index is 0.0265. The van der Waals surface area contributed by atoms with Gasteiger partial charge in [-0.05, 0) is 56.6 Å². The standard InChI is InChI=1S/C23H32FNO5/c1-13-10-17-16-5-4-14-11-15(27)6-7-20(14,2)22(16,24)18(28)12-21(17,3)23(13,30)19(29)25-8-9-26/h6-7,11,13,16-18,26,28,30H,4-5,8-10,12H2,1-3H3,(H,25,29)/t13-,16+,17+,18+,20+,21+,22+,23+/m1/s1. The first kappa shape index (κ1) is 21.7. The number of carbonyl (C=O) groups excluding carboxylic acids is 2. The van der Waals surface area contributed by atoms with E-state index in [-0.39, 0.29) is 31.3 Å². The summed E-state index contributed by atoms with van der Waals surface area (Å²) in [5.74, 6) is -2.00. The Morgan fingerprint density at radius 1 is 1.33 bits per heavy atom. The van der Waals surface area contributed by atoms with E-state index in [0.29, 0.717) is 24.8 Å². The fraction of sp³-hybridized carbons (Fsp3) is 0.739. The molecule has 0 aromatic rings. The van der Waals surface area contributed by atoms with Gasteiger partial charge in [0.15, 0.2) is 17.1 Å². The van der Waals surface area contributed by atoms with Crippen LogP contribution in [0.4, 0.5) is 4.39 Å². The van der Waals surface area contributed by atoms with E-state index in [1.807, 2.05) is 0 Å². The van der Waals surface area contributed by atoms with Gasteiger partial charge in [0.2, 0.25) is 0 Å². The highest BCUT2D eigenvalue weighted by molar-refractivity contribution is 6.01. The number of nitrogens with one attached hydrogen (secondary N) is 1. The lowest BCUT2D eigenvalue weighted by molar-refractivity contribution is -0.219. The number of aliphatic hydroxyl groups is 3. The second-order valence-electron chi connectivity index (χ2n) is 10.1. The second kappa shape index (κ2) is 6.71. The molecule has 0 aliphatic heterocycles. The van der Waals surface area contributed by atoms with Crippen molar-refractivity contribution in [3.05, 3.63) is 23.8 Å². The predicted octanol–water partition coefficient (Wildman–Crippen LogP) is 1.44. The summed E-state index contributed by atoms with van der Waals surface area (Å²) in [7, 11) is 0. The highest BCUT2D eigenvalue weighted by Crippen LogP contribution is 2.70. The minimum atomic E-state index is -1.98. The number of amides is 1. The van der Waals surface area contributed by atoms with E-state index in [2.05, 4.69) is 5.32 Å². The summed E-state index contributed by atoms with van der Waals surface area (Å²) >= 11 is 0. The molecule has 0 heterocycles. The molecule has 4 rings (SSSR count). The molecule has 0 saturated heterocycles. The Kier molecular flexibility index (Phi) is 4.84. The van der Waals surface area contributed by atoms with Crippen LogP contribution in [0, 0.1) is 28.6 Å². The van der Waals surface area contributed by atoms with E-state index in [4.69, 9.17) is 5.11 Å².